The summed E-state index contributed by atoms with van der Waals surface area (Å²) in [4.78, 5) is 1.91. The normalized spacial score (nSPS) is 12.5. The minimum atomic E-state index is -0.102. The van der Waals surface area contributed by atoms with Gasteiger partial charge in [0.2, 0.25) is 0 Å². The number of rotatable bonds is 6. The van der Waals surface area contributed by atoms with Gasteiger partial charge in [0.15, 0.2) is 0 Å². The second kappa shape index (κ2) is 6.84. The zero-order chi connectivity index (χ0) is 9.40. The number of nitrogens with zero attached hydrogens (tertiary/aromatic N) is 2. The monoisotopic (exact) mass is 168 g/mol. The maximum Gasteiger partial charge on any atom is 0.0978 e. The van der Waals surface area contributed by atoms with Gasteiger partial charge in [0.05, 0.1) is 18.7 Å². The molecule has 0 heterocycles. The summed E-state index contributed by atoms with van der Waals surface area (Å²) in [5.74, 6) is 0. The molecule has 12 heavy (non-hydrogen) atoms. The Labute approximate surface area is 73.9 Å². The lowest BCUT2D eigenvalue weighted by molar-refractivity contribution is 0.184. The van der Waals surface area contributed by atoms with Crippen molar-refractivity contribution in [1.29, 1.82) is 5.26 Å². The Hall–Kier alpha value is -0.850. The van der Waals surface area contributed by atoms with Gasteiger partial charge in [-0.25, -0.2) is 0 Å². The van der Waals surface area contributed by atoms with Gasteiger partial charge >= 0.3 is 0 Å². The molecule has 0 saturated heterocycles. The lowest BCUT2D eigenvalue weighted by atomic mass is 10.2. The van der Waals surface area contributed by atoms with Crippen LogP contribution in [0, 0.1) is 11.3 Å². The predicted molar refractivity (Wildman–Crippen MR) is 48.5 cm³/mol. The van der Waals surface area contributed by atoms with Gasteiger partial charge in [-0.2, -0.15) is 5.26 Å². The highest BCUT2D eigenvalue weighted by molar-refractivity contribution is 4.92. The predicted octanol–water partition coefficient (Wildman–Crippen LogP) is 0.769. The summed E-state index contributed by atoms with van der Waals surface area (Å²) >= 11 is 0. The van der Waals surface area contributed by atoms with Crippen LogP contribution in [0.5, 0.6) is 0 Å². The topological polar surface area (TPSA) is 47.3 Å². The van der Waals surface area contributed by atoms with E-state index in [4.69, 9.17) is 10.4 Å². The van der Waals surface area contributed by atoms with E-state index in [1.165, 1.54) is 0 Å². The molecule has 0 aromatic carbocycles. The molecule has 0 amide bonds. The minimum absolute atomic E-state index is 0.0893. The molecule has 0 radical (unpaired) electrons. The zero-order valence-corrected chi connectivity index (χ0v) is 7.53. The van der Waals surface area contributed by atoms with Gasteiger partial charge in [-0.1, -0.05) is 13.0 Å². The molecule has 0 aromatic rings. The first-order chi connectivity index (χ1) is 5.79. The van der Waals surface area contributed by atoms with E-state index in [2.05, 4.69) is 12.6 Å². The Kier molecular flexibility index (Phi) is 6.35. The van der Waals surface area contributed by atoms with Gasteiger partial charge in [-0.3, -0.25) is 4.90 Å². The lowest BCUT2D eigenvalue weighted by Crippen LogP contribution is -2.36. The molecular weight excluding hydrogens is 152 g/mol. The van der Waals surface area contributed by atoms with E-state index in [1.54, 1.807) is 6.08 Å². The van der Waals surface area contributed by atoms with Crippen LogP contribution in [-0.4, -0.2) is 35.7 Å². The molecule has 0 saturated carbocycles. The smallest absolute Gasteiger partial charge is 0.0978 e. The third-order valence-corrected chi connectivity index (χ3v) is 1.73. The number of hydrogen-bond acceptors (Lipinski definition) is 3. The van der Waals surface area contributed by atoms with Crippen LogP contribution in [-0.2, 0) is 0 Å². The zero-order valence-electron chi connectivity index (χ0n) is 7.53. The largest absolute Gasteiger partial charge is 0.395 e. The van der Waals surface area contributed by atoms with Gasteiger partial charge in [0, 0.05) is 13.1 Å². The summed E-state index contributed by atoms with van der Waals surface area (Å²) in [5.41, 5.74) is 0. The van der Waals surface area contributed by atoms with E-state index in [-0.39, 0.29) is 12.6 Å². The fourth-order valence-electron chi connectivity index (χ4n) is 1.10. The summed E-state index contributed by atoms with van der Waals surface area (Å²) in [7, 11) is 0. The molecule has 1 N–H and O–H groups in total. The summed E-state index contributed by atoms with van der Waals surface area (Å²) in [6, 6.07) is 2.09. The van der Waals surface area contributed by atoms with Crippen LogP contribution >= 0.6 is 0 Å². The summed E-state index contributed by atoms with van der Waals surface area (Å²) < 4.78 is 0. The highest BCUT2D eigenvalue weighted by atomic mass is 16.3. The average Bonchev–Trinajstić information content (AvgIpc) is 2.07. The number of aliphatic hydroxyl groups is 1. The Bertz CT molecular complexity index is 162. The molecule has 1 unspecified atom stereocenters. The number of aliphatic hydroxyl groups excluding tert-OH is 1. The second-order valence-corrected chi connectivity index (χ2v) is 2.56. The van der Waals surface area contributed by atoms with Crippen molar-refractivity contribution < 1.29 is 5.11 Å². The first kappa shape index (κ1) is 11.2. The molecule has 0 aliphatic heterocycles. The Morgan fingerprint density at radius 3 is 2.75 bits per heavy atom. The fourth-order valence-corrected chi connectivity index (χ4v) is 1.10. The highest BCUT2D eigenvalue weighted by Crippen LogP contribution is 2.01. The standard InChI is InChI=1S/C9H16N2O/c1-3-5-11(6-7-12)9(4-2)8-10/h3,9,12H,1,4-7H2,2H3. The maximum absolute atomic E-state index is 8.74. The lowest BCUT2D eigenvalue weighted by Gasteiger charge is -2.23. The fraction of sp³-hybridized carbons (Fsp3) is 0.667. The van der Waals surface area contributed by atoms with Crippen molar-refractivity contribution in [2.45, 2.75) is 19.4 Å². The van der Waals surface area contributed by atoms with Gasteiger partial charge in [0.1, 0.15) is 0 Å². The summed E-state index contributed by atoms with van der Waals surface area (Å²) in [6.07, 6.45) is 2.53. The Morgan fingerprint density at radius 1 is 1.75 bits per heavy atom. The molecule has 68 valence electrons. The molecule has 3 nitrogen and oxygen atoms in total. The maximum atomic E-state index is 8.74. The molecule has 0 spiro atoms. The molecule has 0 aliphatic rings. The van der Waals surface area contributed by atoms with Crippen molar-refractivity contribution in [3.05, 3.63) is 12.7 Å². The third-order valence-electron chi connectivity index (χ3n) is 1.73. The Balaban J connectivity index is 4.06. The molecule has 0 bridgehead atoms. The van der Waals surface area contributed by atoms with Gasteiger partial charge in [-0.15, -0.1) is 6.58 Å². The van der Waals surface area contributed by atoms with Crippen LogP contribution in [0.2, 0.25) is 0 Å². The van der Waals surface area contributed by atoms with Crippen molar-refractivity contribution in [1.82, 2.24) is 4.90 Å². The first-order valence-electron chi connectivity index (χ1n) is 4.15. The Morgan fingerprint density at radius 2 is 2.42 bits per heavy atom. The van der Waals surface area contributed by atoms with E-state index in [0.717, 1.165) is 6.42 Å². The van der Waals surface area contributed by atoms with Crippen LogP contribution < -0.4 is 0 Å². The highest BCUT2D eigenvalue weighted by Gasteiger charge is 2.13. The first-order valence-corrected chi connectivity index (χ1v) is 4.15. The van der Waals surface area contributed by atoms with E-state index < -0.39 is 0 Å². The average molecular weight is 168 g/mol. The van der Waals surface area contributed by atoms with Gasteiger partial charge < -0.3 is 5.11 Å². The molecular formula is C9H16N2O. The van der Waals surface area contributed by atoms with Crippen LogP contribution in [0.3, 0.4) is 0 Å². The van der Waals surface area contributed by atoms with Gasteiger partial charge in [0.25, 0.3) is 0 Å². The number of nitriles is 1. The number of hydrogen-bond donors (Lipinski definition) is 1. The molecule has 0 aliphatic carbocycles. The van der Waals surface area contributed by atoms with Crippen molar-refractivity contribution in [3.63, 3.8) is 0 Å². The van der Waals surface area contributed by atoms with E-state index in [1.807, 2.05) is 11.8 Å². The third kappa shape index (κ3) is 3.51. The SMILES string of the molecule is C=CCN(CCO)C(C#N)CC. The molecule has 0 aromatic heterocycles. The van der Waals surface area contributed by atoms with Crippen LogP contribution in [0.25, 0.3) is 0 Å². The van der Waals surface area contributed by atoms with Crippen molar-refractivity contribution in [3.8, 4) is 6.07 Å². The molecule has 3 heteroatoms. The van der Waals surface area contributed by atoms with Crippen LogP contribution in [0.1, 0.15) is 13.3 Å². The van der Waals surface area contributed by atoms with Crippen molar-refractivity contribution >= 4 is 0 Å². The summed E-state index contributed by atoms with van der Waals surface area (Å²) in [6.45, 7) is 6.85. The minimum Gasteiger partial charge on any atom is -0.395 e. The summed E-state index contributed by atoms with van der Waals surface area (Å²) in [5, 5.41) is 17.5. The molecule has 0 fully saturated rings. The van der Waals surface area contributed by atoms with Crippen LogP contribution in [0.15, 0.2) is 12.7 Å². The second-order valence-electron chi connectivity index (χ2n) is 2.56. The van der Waals surface area contributed by atoms with E-state index in [0.29, 0.717) is 13.1 Å². The quantitative estimate of drug-likeness (QED) is 0.596. The molecule has 1 atom stereocenters. The van der Waals surface area contributed by atoms with E-state index in [9.17, 15) is 0 Å². The van der Waals surface area contributed by atoms with E-state index >= 15 is 0 Å². The molecule has 0 rings (SSSR count). The van der Waals surface area contributed by atoms with Crippen molar-refractivity contribution in [2.24, 2.45) is 0 Å². The van der Waals surface area contributed by atoms with Crippen LogP contribution in [0.4, 0.5) is 0 Å². The van der Waals surface area contributed by atoms with Gasteiger partial charge in [-0.05, 0) is 6.42 Å². The van der Waals surface area contributed by atoms with Crippen molar-refractivity contribution in [2.75, 3.05) is 19.7 Å².